The standard InChI is InChI=1S/C19H30N4O9S/c1-33-8-6-11(21-16(28)10(20)4-5-14(24)25)17(29)22-12(9-15(26)27)18(30)23-7-2-3-13(23)19(31)32/h10-13H,2-9,20H2,1H3,(H,21,28)(H,22,29)(H,24,25)(H,26,27)(H,31,32). The molecule has 0 bridgehead atoms. The van der Waals surface area contributed by atoms with Crippen LogP contribution in [0.1, 0.15) is 38.5 Å². The van der Waals surface area contributed by atoms with Gasteiger partial charge in [0.15, 0.2) is 0 Å². The van der Waals surface area contributed by atoms with Crippen LogP contribution >= 0.6 is 11.8 Å². The van der Waals surface area contributed by atoms with Crippen LogP contribution in [0.5, 0.6) is 0 Å². The van der Waals surface area contributed by atoms with Crippen molar-refractivity contribution < 1.29 is 44.1 Å². The Labute approximate surface area is 194 Å². The van der Waals surface area contributed by atoms with Crippen LogP contribution in [0.25, 0.3) is 0 Å². The van der Waals surface area contributed by atoms with E-state index < -0.39 is 66.2 Å². The molecule has 186 valence electrons. The zero-order valence-electron chi connectivity index (χ0n) is 18.2. The quantitative estimate of drug-likeness (QED) is 0.164. The van der Waals surface area contributed by atoms with Gasteiger partial charge in [-0.25, -0.2) is 4.79 Å². The summed E-state index contributed by atoms with van der Waals surface area (Å²) < 4.78 is 0. The molecule has 0 spiro atoms. The van der Waals surface area contributed by atoms with E-state index >= 15 is 0 Å². The Morgan fingerprint density at radius 1 is 1.00 bits per heavy atom. The van der Waals surface area contributed by atoms with Gasteiger partial charge in [0.25, 0.3) is 0 Å². The number of nitrogens with zero attached hydrogens (tertiary/aromatic N) is 1. The molecule has 0 saturated carbocycles. The summed E-state index contributed by atoms with van der Waals surface area (Å²) in [7, 11) is 0. The number of hydrogen-bond acceptors (Lipinski definition) is 8. The molecule has 3 amide bonds. The monoisotopic (exact) mass is 490 g/mol. The van der Waals surface area contributed by atoms with E-state index in [4.69, 9.17) is 10.8 Å². The molecule has 4 atom stereocenters. The number of likely N-dealkylation sites (tertiary alicyclic amines) is 1. The fourth-order valence-electron chi connectivity index (χ4n) is 3.33. The van der Waals surface area contributed by atoms with Crippen molar-refractivity contribution in [2.24, 2.45) is 5.73 Å². The second-order valence-electron chi connectivity index (χ2n) is 7.57. The smallest absolute Gasteiger partial charge is 0.326 e. The van der Waals surface area contributed by atoms with E-state index in [0.29, 0.717) is 12.2 Å². The SMILES string of the molecule is CSCCC(NC(=O)C(N)CCC(=O)O)C(=O)NC(CC(=O)O)C(=O)N1CCCC1C(=O)O. The summed E-state index contributed by atoms with van der Waals surface area (Å²) in [6.07, 6.45) is 1.29. The maximum absolute atomic E-state index is 12.9. The van der Waals surface area contributed by atoms with Crippen LogP contribution in [0.4, 0.5) is 0 Å². The van der Waals surface area contributed by atoms with E-state index in [1.165, 1.54) is 11.8 Å². The molecule has 1 heterocycles. The zero-order chi connectivity index (χ0) is 25.1. The summed E-state index contributed by atoms with van der Waals surface area (Å²) in [5, 5.41) is 32.0. The highest BCUT2D eigenvalue weighted by molar-refractivity contribution is 7.98. The lowest BCUT2D eigenvalue weighted by Crippen LogP contribution is -2.57. The molecule has 4 unspecified atom stereocenters. The van der Waals surface area contributed by atoms with Crippen molar-refractivity contribution in [1.82, 2.24) is 15.5 Å². The largest absolute Gasteiger partial charge is 0.481 e. The molecule has 1 saturated heterocycles. The third-order valence-electron chi connectivity index (χ3n) is 5.06. The van der Waals surface area contributed by atoms with Gasteiger partial charge in [0.2, 0.25) is 17.7 Å². The van der Waals surface area contributed by atoms with E-state index in [9.17, 15) is 39.0 Å². The van der Waals surface area contributed by atoms with Gasteiger partial charge < -0.3 is 36.6 Å². The predicted molar refractivity (Wildman–Crippen MR) is 116 cm³/mol. The lowest BCUT2D eigenvalue weighted by atomic mass is 10.1. The van der Waals surface area contributed by atoms with Crippen LogP contribution in [0.2, 0.25) is 0 Å². The number of aliphatic carboxylic acids is 3. The molecule has 13 nitrogen and oxygen atoms in total. The molecule has 14 heteroatoms. The fraction of sp³-hybridized carbons (Fsp3) is 0.684. The molecule has 0 aromatic rings. The molecule has 1 rings (SSSR count). The number of carbonyl (C=O) groups is 6. The molecule has 0 aromatic carbocycles. The van der Waals surface area contributed by atoms with Crippen LogP contribution < -0.4 is 16.4 Å². The van der Waals surface area contributed by atoms with Gasteiger partial charge in [0.05, 0.1) is 12.5 Å². The van der Waals surface area contributed by atoms with Crippen LogP contribution in [0, 0.1) is 0 Å². The minimum atomic E-state index is -1.52. The predicted octanol–water partition coefficient (Wildman–Crippen LogP) is -1.55. The molecule has 0 aromatic heterocycles. The molecule has 1 fully saturated rings. The van der Waals surface area contributed by atoms with Crippen molar-refractivity contribution in [2.45, 2.75) is 62.7 Å². The van der Waals surface area contributed by atoms with Gasteiger partial charge in [-0.15, -0.1) is 0 Å². The average molecular weight is 491 g/mol. The lowest BCUT2D eigenvalue weighted by Gasteiger charge is -2.28. The van der Waals surface area contributed by atoms with E-state index in [0.717, 1.165) is 4.90 Å². The summed E-state index contributed by atoms with van der Waals surface area (Å²) in [6, 6.07) is -4.96. The Morgan fingerprint density at radius 3 is 2.18 bits per heavy atom. The van der Waals surface area contributed by atoms with Gasteiger partial charge in [-0.3, -0.25) is 24.0 Å². The van der Waals surface area contributed by atoms with Gasteiger partial charge in [-0.1, -0.05) is 0 Å². The minimum absolute atomic E-state index is 0.118. The van der Waals surface area contributed by atoms with Gasteiger partial charge in [0.1, 0.15) is 18.1 Å². The number of carbonyl (C=O) groups excluding carboxylic acids is 3. The third kappa shape index (κ3) is 9.26. The molecule has 0 aliphatic carbocycles. The van der Waals surface area contributed by atoms with E-state index in [1.54, 1.807) is 6.26 Å². The first-order valence-corrected chi connectivity index (χ1v) is 11.7. The number of hydrogen-bond donors (Lipinski definition) is 6. The maximum Gasteiger partial charge on any atom is 0.326 e. The van der Waals surface area contributed by atoms with Crippen LogP contribution in [0.3, 0.4) is 0 Å². The lowest BCUT2D eigenvalue weighted by molar-refractivity contribution is -0.150. The normalized spacial score (nSPS) is 18.1. The van der Waals surface area contributed by atoms with Crippen molar-refractivity contribution in [3.8, 4) is 0 Å². The Morgan fingerprint density at radius 2 is 1.64 bits per heavy atom. The second kappa shape index (κ2) is 13.6. The topological polar surface area (TPSA) is 216 Å². The molecule has 7 N–H and O–H groups in total. The number of amides is 3. The fourth-order valence-corrected chi connectivity index (χ4v) is 3.80. The Balaban J connectivity index is 2.95. The molecular weight excluding hydrogens is 460 g/mol. The minimum Gasteiger partial charge on any atom is -0.481 e. The van der Waals surface area contributed by atoms with Crippen LogP contribution in [-0.4, -0.2) is 98.6 Å². The molecule has 0 radical (unpaired) electrons. The van der Waals surface area contributed by atoms with Crippen molar-refractivity contribution in [3.05, 3.63) is 0 Å². The van der Waals surface area contributed by atoms with Gasteiger partial charge in [-0.05, 0) is 37.7 Å². The van der Waals surface area contributed by atoms with Gasteiger partial charge in [-0.2, -0.15) is 11.8 Å². The number of carboxylic acids is 3. The highest BCUT2D eigenvalue weighted by Gasteiger charge is 2.39. The highest BCUT2D eigenvalue weighted by atomic mass is 32.2. The number of nitrogens with one attached hydrogen (secondary N) is 2. The summed E-state index contributed by atoms with van der Waals surface area (Å²) in [4.78, 5) is 72.4. The highest BCUT2D eigenvalue weighted by Crippen LogP contribution is 2.19. The first-order chi connectivity index (χ1) is 15.5. The Bertz CT molecular complexity index is 764. The Hall–Kier alpha value is -2.87. The summed E-state index contributed by atoms with van der Waals surface area (Å²) in [6.45, 7) is 0.118. The van der Waals surface area contributed by atoms with Crippen molar-refractivity contribution in [3.63, 3.8) is 0 Å². The van der Waals surface area contributed by atoms with Crippen LogP contribution in [0.15, 0.2) is 0 Å². The van der Waals surface area contributed by atoms with Gasteiger partial charge in [0, 0.05) is 13.0 Å². The van der Waals surface area contributed by atoms with Crippen LogP contribution in [-0.2, 0) is 28.8 Å². The second-order valence-corrected chi connectivity index (χ2v) is 8.55. The molecule has 1 aliphatic heterocycles. The number of nitrogens with two attached hydrogens (primary N) is 1. The summed E-state index contributed by atoms with van der Waals surface area (Å²) in [5.74, 6) is -5.71. The van der Waals surface area contributed by atoms with Crippen molar-refractivity contribution >= 4 is 47.4 Å². The summed E-state index contributed by atoms with van der Waals surface area (Å²) >= 11 is 1.38. The van der Waals surface area contributed by atoms with E-state index in [2.05, 4.69) is 10.6 Å². The van der Waals surface area contributed by atoms with Crippen molar-refractivity contribution in [2.75, 3.05) is 18.6 Å². The van der Waals surface area contributed by atoms with Gasteiger partial charge >= 0.3 is 17.9 Å². The molecule has 1 aliphatic rings. The molecular formula is C19H30N4O9S. The Kier molecular flexibility index (Phi) is 11.6. The third-order valence-corrected chi connectivity index (χ3v) is 5.71. The van der Waals surface area contributed by atoms with Crippen molar-refractivity contribution in [1.29, 1.82) is 0 Å². The number of rotatable bonds is 14. The average Bonchev–Trinajstić information content (AvgIpc) is 3.23. The zero-order valence-corrected chi connectivity index (χ0v) is 19.0. The maximum atomic E-state index is 12.9. The molecule has 33 heavy (non-hydrogen) atoms. The first kappa shape index (κ1) is 28.2. The number of carboxylic acid groups (broad SMARTS) is 3. The summed E-state index contributed by atoms with van der Waals surface area (Å²) in [5.41, 5.74) is 5.68. The number of thioether (sulfide) groups is 1. The first-order valence-electron chi connectivity index (χ1n) is 10.3. The van der Waals surface area contributed by atoms with E-state index in [-0.39, 0.29) is 32.2 Å². The van der Waals surface area contributed by atoms with E-state index in [1.807, 2.05) is 0 Å².